The van der Waals surface area contributed by atoms with Gasteiger partial charge in [-0.1, -0.05) is 30.3 Å². The molecule has 0 bridgehead atoms. The second-order valence-electron chi connectivity index (χ2n) is 7.86. The van der Waals surface area contributed by atoms with Gasteiger partial charge in [-0.05, 0) is 61.2 Å². The van der Waals surface area contributed by atoms with Crippen molar-refractivity contribution in [2.24, 2.45) is 5.73 Å². The van der Waals surface area contributed by atoms with E-state index >= 15 is 0 Å². The monoisotopic (exact) mass is 464 g/mol. The van der Waals surface area contributed by atoms with Gasteiger partial charge in [0.1, 0.15) is 5.75 Å². The molecule has 3 rings (SSSR count). The van der Waals surface area contributed by atoms with Gasteiger partial charge in [-0.3, -0.25) is 4.79 Å². The van der Waals surface area contributed by atoms with E-state index in [9.17, 15) is 4.79 Å². The number of methoxy groups -OCH3 is 3. The third-order valence-electron chi connectivity index (χ3n) is 5.67. The molecule has 7 heteroatoms. The van der Waals surface area contributed by atoms with Crippen molar-refractivity contribution in [3.8, 4) is 28.7 Å². The van der Waals surface area contributed by atoms with Gasteiger partial charge in [-0.15, -0.1) is 0 Å². The number of benzene rings is 3. The minimum atomic E-state index is -0.316. The molecule has 0 atom stereocenters. The smallest absolute Gasteiger partial charge is 0.255 e. The molecule has 0 fully saturated rings. The normalized spacial score (nSPS) is 10.5. The van der Waals surface area contributed by atoms with Crippen LogP contribution in [0, 0.1) is 13.8 Å². The Morgan fingerprint density at radius 2 is 1.50 bits per heavy atom. The average molecular weight is 465 g/mol. The molecule has 0 aliphatic heterocycles. The Bertz CT molecular complexity index is 1120. The highest BCUT2D eigenvalue weighted by molar-refractivity contribution is 5.99. The Balaban J connectivity index is 1.96. The van der Waals surface area contributed by atoms with Gasteiger partial charge in [0.15, 0.2) is 11.5 Å². The fraction of sp³-hybridized carbons (Fsp3) is 0.296. The van der Waals surface area contributed by atoms with E-state index < -0.39 is 0 Å². The zero-order chi connectivity index (χ0) is 24.7. The van der Waals surface area contributed by atoms with Gasteiger partial charge < -0.3 is 30.0 Å². The number of carbonyl (C=O) groups is 1. The summed E-state index contributed by atoms with van der Waals surface area (Å²) >= 11 is 0. The van der Waals surface area contributed by atoms with Crippen molar-refractivity contribution >= 4 is 5.91 Å². The fourth-order valence-electron chi connectivity index (χ4n) is 3.83. The van der Waals surface area contributed by atoms with Gasteiger partial charge in [-0.2, -0.15) is 0 Å². The number of nitrogens with two attached hydrogens (primary N) is 1. The molecule has 180 valence electrons. The largest absolute Gasteiger partial charge is 0.492 e. The summed E-state index contributed by atoms with van der Waals surface area (Å²) in [6, 6.07) is 15.3. The molecule has 0 aliphatic rings. The lowest BCUT2D eigenvalue weighted by Crippen LogP contribution is -2.24. The summed E-state index contributed by atoms with van der Waals surface area (Å²) in [4.78, 5) is 13.3. The lowest BCUT2D eigenvalue weighted by atomic mass is 10.0. The van der Waals surface area contributed by atoms with Gasteiger partial charge in [0.25, 0.3) is 5.91 Å². The molecule has 0 spiro atoms. The summed E-state index contributed by atoms with van der Waals surface area (Å²) in [6.07, 6.45) is 0.782. The van der Waals surface area contributed by atoms with Crippen molar-refractivity contribution in [3.63, 3.8) is 0 Å². The molecule has 3 N–H and O–H groups in total. The molecule has 0 heterocycles. The van der Waals surface area contributed by atoms with Crippen LogP contribution >= 0.6 is 0 Å². The molecular formula is C27H32N2O5. The van der Waals surface area contributed by atoms with Gasteiger partial charge in [0.2, 0.25) is 11.5 Å². The molecular weight excluding hydrogens is 432 g/mol. The summed E-state index contributed by atoms with van der Waals surface area (Å²) in [6.45, 7) is 5.00. The van der Waals surface area contributed by atoms with Crippen LogP contribution in [-0.2, 0) is 13.0 Å². The third-order valence-corrected chi connectivity index (χ3v) is 5.67. The molecule has 34 heavy (non-hydrogen) atoms. The van der Waals surface area contributed by atoms with Crippen molar-refractivity contribution in [3.05, 3.63) is 76.3 Å². The van der Waals surface area contributed by atoms with E-state index in [2.05, 4.69) is 5.32 Å². The fourth-order valence-corrected chi connectivity index (χ4v) is 3.83. The van der Waals surface area contributed by atoms with Crippen molar-refractivity contribution in [1.82, 2.24) is 5.32 Å². The van der Waals surface area contributed by atoms with E-state index in [1.165, 1.54) is 21.3 Å². The average Bonchev–Trinajstić information content (AvgIpc) is 2.84. The summed E-state index contributed by atoms with van der Waals surface area (Å²) in [5, 5.41) is 2.99. The van der Waals surface area contributed by atoms with E-state index in [0.717, 1.165) is 28.7 Å². The minimum Gasteiger partial charge on any atom is -0.492 e. The van der Waals surface area contributed by atoms with E-state index in [1.807, 2.05) is 56.3 Å². The summed E-state index contributed by atoms with van der Waals surface area (Å²) < 4.78 is 22.8. The first-order valence-electron chi connectivity index (χ1n) is 11.1. The zero-order valence-electron chi connectivity index (χ0n) is 20.4. The molecule has 7 nitrogen and oxygen atoms in total. The number of amides is 1. The summed E-state index contributed by atoms with van der Waals surface area (Å²) in [5.41, 5.74) is 10.3. The van der Waals surface area contributed by atoms with Crippen LogP contribution in [0.4, 0.5) is 0 Å². The Hall–Kier alpha value is -3.71. The maximum Gasteiger partial charge on any atom is 0.255 e. The van der Waals surface area contributed by atoms with Crippen LogP contribution in [0.2, 0.25) is 0 Å². The number of rotatable bonds is 10. The number of nitrogens with one attached hydrogen (secondary N) is 1. The van der Waals surface area contributed by atoms with Gasteiger partial charge in [0, 0.05) is 12.6 Å². The van der Waals surface area contributed by atoms with Crippen LogP contribution in [0.5, 0.6) is 28.7 Å². The Kier molecular flexibility index (Phi) is 8.38. The number of ether oxygens (including phenoxy) is 4. The highest BCUT2D eigenvalue weighted by atomic mass is 16.5. The van der Waals surface area contributed by atoms with Crippen molar-refractivity contribution in [2.45, 2.75) is 26.8 Å². The molecule has 0 saturated carbocycles. The van der Waals surface area contributed by atoms with Crippen LogP contribution < -0.4 is 30.0 Å². The van der Waals surface area contributed by atoms with E-state index in [1.54, 1.807) is 6.07 Å². The van der Waals surface area contributed by atoms with Gasteiger partial charge in [0.05, 0.1) is 26.9 Å². The SMILES string of the molecule is COc1c(Oc2ccc(CCN)cc2)cc(C(=O)NCc2c(C)cccc2C)c(OC)c1OC. The Morgan fingerprint density at radius 1 is 0.882 bits per heavy atom. The van der Waals surface area contributed by atoms with Crippen LogP contribution in [-0.4, -0.2) is 33.8 Å². The molecule has 1 amide bonds. The maximum atomic E-state index is 13.3. The minimum absolute atomic E-state index is 0.268. The topological polar surface area (TPSA) is 92.0 Å². The van der Waals surface area contributed by atoms with Crippen LogP contribution in [0.15, 0.2) is 48.5 Å². The lowest BCUT2D eigenvalue weighted by molar-refractivity contribution is 0.0946. The highest BCUT2D eigenvalue weighted by Gasteiger charge is 2.26. The highest BCUT2D eigenvalue weighted by Crippen LogP contribution is 2.48. The predicted molar refractivity (Wildman–Crippen MR) is 132 cm³/mol. The summed E-state index contributed by atoms with van der Waals surface area (Å²) in [5.74, 6) is 1.49. The zero-order valence-corrected chi connectivity index (χ0v) is 20.4. The van der Waals surface area contributed by atoms with E-state index in [4.69, 9.17) is 24.7 Å². The van der Waals surface area contributed by atoms with Crippen molar-refractivity contribution in [1.29, 1.82) is 0 Å². The first-order chi connectivity index (χ1) is 16.4. The number of aryl methyl sites for hydroxylation is 2. The third kappa shape index (κ3) is 5.43. The second kappa shape index (κ2) is 11.4. The number of hydrogen-bond donors (Lipinski definition) is 2. The molecule has 3 aromatic carbocycles. The van der Waals surface area contributed by atoms with E-state index in [0.29, 0.717) is 30.3 Å². The van der Waals surface area contributed by atoms with Gasteiger partial charge >= 0.3 is 0 Å². The lowest BCUT2D eigenvalue weighted by Gasteiger charge is -2.19. The van der Waals surface area contributed by atoms with Gasteiger partial charge in [-0.25, -0.2) is 0 Å². The molecule has 3 aromatic rings. The maximum absolute atomic E-state index is 13.3. The number of carbonyl (C=O) groups excluding carboxylic acids is 1. The predicted octanol–water partition coefficient (Wildman–Crippen LogP) is 4.55. The molecule has 0 aromatic heterocycles. The van der Waals surface area contributed by atoms with Crippen LogP contribution in [0.1, 0.15) is 32.6 Å². The van der Waals surface area contributed by atoms with Crippen LogP contribution in [0.3, 0.4) is 0 Å². The molecule has 0 saturated heterocycles. The van der Waals surface area contributed by atoms with E-state index in [-0.39, 0.29) is 23.0 Å². The standard InChI is InChI=1S/C27H32N2O5/c1-17-7-6-8-18(2)22(17)16-29-27(30)21-15-23(25(32-4)26(33-5)24(21)31-3)34-20-11-9-19(10-12-20)13-14-28/h6-12,15H,13-14,16,28H2,1-5H3,(H,29,30). The second-order valence-corrected chi connectivity index (χ2v) is 7.86. The Morgan fingerprint density at radius 3 is 2.06 bits per heavy atom. The summed E-state index contributed by atoms with van der Waals surface area (Å²) in [7, 11) is 4.48. The van der Waals surface area contributed by atoms with Crippen molar-refractivity contribution < 1.29 is 23.7 Å². The first kappa shape index (κ1) is 24.9. The molecule has 0 aliphatic carbocycles. The van der Waals surface area contributed by atoms with Crippen molar-refractivity contribution in [2.75, 3.05) is 27.9 Å². The van der Waals surface area contributed by atoms with Crippen LogP contribution in [0.25, 0.3) is 0 Å². The quantitative estimate of drug-likeness (QED) is 0.457. The molecule has 0 radical (unpaired) electrons. The Labute approximate surface area is 200 Å². The number of hydrogen-bond acceptors (Lipinski definition) is 6. The molecule has 0 unspecified atom stereocenters. The first-order valence-corrected chi connectivity index (χ1v) is 11.1.